The quantitative estimate of drug-likeness (QED) is 0.158. The Hall–Kier alpha value is -1.50. The predicted molar refractivity (Wildman–Crippen MR) is 97.4 cm³/mol. The van der Waals surface area contributed by atoms with Gasteiger partial charge in [0.15, 0.2) is 6.29 Å². The summed E-state index contributed by atoms with van der Waals surface area (Å²) in [5, 5.41) is 90.6. The summed E-state index contributed by atoms with van der Waals surface area (Å²) in [6.07, 6.45) is -16.9. The zero-order valence-corrected chi connectivity index (χ0v) is 17.0. The molecule has 2 rings (SSSR count). The summed E-state index contributed by atoms with van der Waals surface area (Å²) in [5.41, 5.74) is 0. The molecule has 0 unspecified atom stereocenters. The van der Waals surface area contributed by atoms with Gasteiger partial charge in [-0.15, -0.1) is 0 Å². The van der Waals surface area contributed by atoms with Crippen LogP contribution < -0.4 is 5.32 Å². The molecule has 15 nitrogen and oxygen atoms in total. The maximum Gasteiger partial charge on any atom is 0.364 e. The van der Waals surface area contributed by atoms with Crippen LogP contribution in [0.15, 0.2) is 0 Å². The third-order valence-corrected chi connectivity index (χ3v) is 5.35. The number of aliphatic hydroxyl groups is 8. The number of ether oxygens (including phenoxy) is 3. The van der Waals surface area contributed by atoms with E-state index in [0.29, 0.717) is 0 Å². The number of carboxylic acid groups (broad SMARTS) is 1. The highest BCUT2D eigenvalue weighted by atomic mass is 16.7. The summed E-state index contributed by atoms with van der Waals surface area (Å²) in [4.78, 5) is 23.5. The van der Waals surface area contributed by atoms with Gasteiger partial charge < -0.3 is 65.5 Å². The average molecular weight is 471 g/mol. The van der Waals surface area contributed by atoms with Gasteiger partial charge in [-0.05, 0) is 0 Å². The number of aliphatic hydroxyl groups excluding tert-OH is 8. The van der Waals surface area contributed by atoms with Crippen molar-refractivity contribution in [2.75, 3.05) is 13.2 Å². The van der Waals surface area contributed by atoms with Crippen molar-refractivity contribution in [1.82, 2.24) is 5.32 Å². The van der Waals surface area contributed by atoms with Crippen LogP contribution >= 0.6 is 0 Å². The number of carbonyl (C=O) groups is 2. The summed E-state index contributed by atoms with van der Waals surface area (Å²) in [5.74, 6) is -5.15. The largest absolute Gasteiger partial charge is 0.477 e. The van der Waals surface area contributed by atoms with Gasteiger partial charge in [-0.3, -0.25) is 4.79 Å². The van der Waals surface area contributed by atoms with E-state index in [1.807, 2.05) is 0 Å². The normalized spacial score (nSPS) is 42.2. The summed E-state index contributed by atoms with van der Waals surface area (Å²) >= 11 is 0. The molecule has 1 amide bonds. The molecule has 2 saturated heterocycles. The molecule has 2 aliphatic heterocycles. The second-order valence-electron chi connectivity index (χ2n) is 7.73. The fourth-order valence-electron chi connectivity index (χ4n) is 3.56. The molecule has 0 aliphatic carbocycles. The Morgan fingerprint density at radius 1 is 1.12 bits per heavy atom. The fraction of sp³-hybridized carbons (Fsp3) is 0.882. The van der Waals surface area contributed by atoms with E-state index in [4.69, 9.17) is 19.3 Å². The van der Waals surface area contributed by atoms with Crippen molar-refractivity contribution in [3.05, 3.63) is 0 Å². The van der Waals surface area contributed by atoms with E-state index < -0.39 is 98.5 Å². The Morgan fingerprint density at radius 2 is 1.75 bits per heavy atom. The first-order chi connectivity index (χ1) is 14.8. The Kier molecular flexibility index (Phi) is 8.88. The van der Waals surface area contributed by atoms with Gasteiger partial charge in [-0.2, -0.15) is 0 Å². The van der Waals surface area contributed by atoms with E-state index >= 15 is 0 Å². The van der Waals surface area contributed by atoms with E-state index in [0.717, 1.165) is 6.92 Å². The van der Waals surface area contributed by atoms with Crippen LogP contribution in [0.4, 0.5) is 0 Å². The number of amides is 1. The van der Waals surface area contributed by atoms with Gasteiger partial charge in [0.1, 0.15) is 42.7 Å². The minimum absolute atomic E-state index is 0.669. The van der Waals surface area contributed by atoms with Crippen molar-refractivity contribution in [2.45, 2.75) is 80.3 Å². The molecule has 15 heteroatoms. The van der Waals surface area contributed by atoms with Crippen LogP contribution in [0.5, 0.6) is 0 Å². The number of carboxylic acids is 1. The topological polar surface area (TPSA) is 256 Å². The van der Waals surface area contributed by atoms with Gasteiger partial charge >= 0.3 is 5.97 Å². The number of nitrogens with one attached hydrogen (secondary N) is 1. The van der Waals surface area contributed by atoms with Gasteiger partial charge in [0.25, 0.3) is 5.79 Å². The molecule has 0 spiro atoms. The van der Waals surface area contributed by atoms with Gasteiger partial charge in [-0.1, -0.05) is 0 Å². The lowest BCUT2D eigenvalue weighted by Crippen LogP contribution is -2.68. The third-order valence-electron chi connectivity index (χ3n) is 5.35. The Morgan fingerprint density at radius 3 is 2.28 bits per heavy atom. The van der Waals surface area contributed by atoms with Crippen molar-refractivity contribution in [3.63, 3.8) is 0 Å². The minimum Gasteiger partial charge on any atom is -0.477 e. The minimum atomic E-state index is -2.69. The first-order valence-corrected chi connectivity index (χ1v) is 9.69. The van der Waals surface area contributed by atoms with Crippen molar-refractivity contribution >= 4 is 11.9 Å². The molecule has 0 saturated carbocycles. The Labute approximate surface area is 181 Å². The molecule has 11 atom stereocenters. The molecule has 0 radical (unpaired) electrons. The zero-order chi connectivity index (χ0) is 24.4. The monoisotopic (exact) mass is 471 g/mol. The molecule has 0 aromatic heterocycles. The van der Waals surface area contributed by atoms with Crippen molar-refractivity contribution in [2.24, 2.45) is 0 Å². The van der Waals surface area contributed by atoms with Gasteiger partial charge in [-0.25, -0.2) is 4.79 Å². The molecule has 0 bridgehead atoms. The van der Waals surface area contributed by atoms with E-state index in [9.17, 15) is 50.4 Å². The number of hydrogen-bond acceptors (Lipinski definition) is 13. The molecule has 2 fully saturated rings. The van der Waals surface area contributed by atoms with Gasteiger partial charge in [0, 0.05) is 13.3 Å². The molecule has 0 aromatic carbocycles. The highest BCUT2D eigenvalue weighted by Gasteiger charge is 2.56. The zero-order valence-electron chi connectivity index (χ0n) is 17.0. The maximum atomic E-state index is 12.0. The van der Waals surface area contributed by atoms with E-state index in [1.54, 1.807) is 0 Å². The van der Waals surface area contributed by atoms with Crippen LogP contribution in [-0.4, -0.2) is 138 Å². The highest BCUT2D eigenvalue weighted by molar-refractivity contribution is 5.76. The molecule has 2 aliphatic rings. The number of aliphatic carboxylic acids is 1. The third kappa shape index (κ3) is 5.52. The second kappa shape index (κ2) is 10.6. The lowest BCUT2D eigenvalue weighted by Gasteiger charge is -2.47. The van der Waals surface area contributed by atoms with Crippen LogP contribution in [-0.2, 0) is 23.8 Å². The molecular weight excluding hydrogens is 442 g/mol. The second-order valence-corrected chi connectivity index (χ2v) is 7.73. The standard InChI is InChI=1S/C17H29NO14/c1-5(20)18-9-6(21)2-17(16(28)29,32-14(9)10(23)7(22)3-19)30-4-8-11(24)12(25)13(26)15(27)31-8/h6-15,19,21-27H,2-4H2,1H3,(H,18,20)(H,28,29)/t6-,7+,8+,9+,10+,11-,12-,13+,14+,15+,17-/m0/s1. The van der Waals surface area contributed by atoms with Crippen molar-refractivity contribution in [1.29, 1.82) is 0 Å². The highest BCUT2D eigenvalue weighted by Crippen LogP contribution is 2.34. The summed E-state index contributed by atoms with van der Waals surface area (Å²) in [6, 6.07) is -1.39. The van der Waals surface area contributed by atoms with Crippen molar-refractivity contribution < 1.29 is 69.8 Å². The lowest BCUT2D eigenvalue weighted by atomic mass is 9.88. The van der Waals surface area contributed by atoms with Gasteiger partial charge in [0.2, 0.25) is 5.91 Å². The molecule has 186 valence electrons. The number of carbonyl (C=O) groups excluding carboxylic acids is 1. The number of rotatable bonds is 8. The average Bonchev–Trinajstić information content (AvgIpc) is 2.73. The molecule has 10 N–H and O–H groups in total. The van der Waals surface area contributed by atoms with Gasteiger partial charge in [0.05, 0.1) is 25.4 Å². The molecule has 2 heterocycles. The fourth-order valence-corrected chi connectivity index (χ4v) is 3.56. The van der Waals surface area contributed by atoms with Crippen LogP contribution in [0.25, 0.3) is 0 Å². The van der Waals surface area contributed by atoms with Crippen molar-refractivity contribution in [3.8, 4) is 0 Å². The Bertz CT molecular complexity index is 665. The first kappa shape index (κ1) is 26.7. The van der Waals surface area contributed by atoms with E-state index in [-0.39, 0.29) is 0 Å². The predicted octanol–water partition coefficient (Wildman–Crippen LogP) is -6.05. The number of hydrogen-bond donors (Lipinski definition) is 10. The molecule has 0 aromatic rings. The summed E-state index contributed by atoms with van der Waals surface area (Å²) in [6.45, 7) is -0.691. The first-order valence-electron chi connectivity index (χ1n) is 9.69. The molecule has 32 heavy (non-hydrogen) atoms. The summed E-state index contributed by atoms with van der Waals surface area (Å²) in [7, 11) is 0. The lowest BCUT2D eigenvalue weighted by molar-refractivity contribution is -0.334. The van der Waals surface area contributed by atoms with Crippen LogP contribution in [0.3, 0.4) is 0 Å². The SMILES string of the molecule is CC(=O)N[C@H]1[C@H]([C@H](O)[C@H](O)CO)O[C@](OC[C@H]2O[C@@H](O)[C@H](O)[C@@H](O)[C@H]2O)(C(=O)O)C[C@@H]1O. The van der Waals surface area contributed by atoms with E-state index in [1.165, 1.54) is 0 Å². The van der Waals surface area contributed by atoms with Crippen LogP contribution in [0.1, 0.15) is 13.3 Å². The Balaban J connectivity index is 2.27. The van der Waals surface area contributed by atoms with Crippen LogP contribution in [0.2, 0.25) is 0 Å². The maximum absolute atomic E-state index is 12.0. The molecular formula is C17H29NO14. The van der Waals surface area contributed by atoms with Crippen LogP contribution in [0, 0.1) is 0 Å². The smallest absolute Gasteiger partial charge is 0.364 e. The van der Waals surface area contributed by atoms with E-state index in [2.05, 4.69) is 5.32 Å². The summed E-state index contributed by atoms with van der Waals surface area (Å²) < 4.78 is 15.5.